The molecule has 15 nitrogen and oxygen atoms in total. The predicted octanol–water partition coefficient (Wildman–Crippen LogP) is 0.165. The predicted molar refractivity (Wildman–Crippen MR) is 161 cm³/mol. The Kier molecular flexibility index (Phi) is 9.53. The maximum Gasteiger partial charge on any atom is 0.348 e. The number of amides is 1. The minimum absolute atomic E-state index is 0.0582. The second kappa shape index (κ2) is 13.1. The van der Waals surface area contributed by atoms with E-state index in [1.54, 1.807) is 6.08 Å². The summed E-state index contributed by atoms with van der Waals surface area (Å²) >= 11 is 0. The molecule has 1 amide bonds. The largest absolute Gasteiger partial charge is 0.504 e. The lowest BCUT2D eigenvalue weighted by molar-refractivity contribution is -0.180. The highest BCUT2D eigenvalue weighted by molar-refractivity contribution is 5.87. The fourth-order valence-corrected chi connectivity index (χ4v) is 7.47. The molecule has 47 heavy (non-hydrogen) atoms. The standard InChI is InChI=1S/C32H41N3O12/c1-16(44-30(42)19(34-17(2)36)6-4-5-12-33)29(41)46-22(28(39)40)15-24(38)45-21-9-10-32(43)23-14-18-7-8-20(37)26-25(18)31(32,27(21)47-26)11-13-35(23)3/h7-9,16,19,22-23,27,37,43H,4-6,10-15,33H2,1-3H3,(H,34,36)(H,39,40)/t16?,19?,22?,23-,27+,31+,32-/m1/s1. The van der Waals surface area contributed by atoms with E-state index in [4.69, 9.17) is 24.7 Å². The van der Waals surface area contributed by atoms with Gasteiger partial charge in [0.15, 0.2) is 23.7 Å². The zero-order valence-corrected chi connectivity index (χ0v) is 26.5. The van der Waals surface area contributed by atoms with Gasteiger partial charge < -0.3 is 50.2 Å². The van der Waals surface area contributed by atoms with E-state index in [1.807, 2.05) is 13.1 Å². The van der Waals surface area contributed by atoms with Crippen molar-refractivity contribution in [2.75, 3.05) is 20.1 Å². The van der Waals surface area contributed by atoms with E-state index < -0.39 is 71.6 Å². The number of likely N-dealkylation sites (tertiary alicyclic amines) is 1. The number of nitrogens with zero attached hydrogens (tertiary/aromatic N) is 1. The van der Waals surface area contributed by atoms with Gasteiger partial charge in [-0.1, -0.05) is 6.07 Å². The first-order chi connectivity index (χ1) is 22.2. The van der Waals surface area contributed by atoms with Gasteiger partial charge in [0.05, 0.1) is 17.4 Å². The van der Waals surface area contributed by atoms with E-state index in [2.05, 4.69) is 10.2 Å². The number of benzene rings is 1. The third-order valence-electron chi connectivity index (χ3n) is 9.70. The Bertz CT molecular complexity index is 1500. The monoisotopic (exact) mass is 659 g/mol. The number of phenolic OH excluding ortho intramolecular Hbond substituents is 1. The third kappa shape index (κ3) is 6.03. The van der Waals surface area contributed by atoms with E-state index in [9.17, 15) is 39.3 Å². The smallest absolute Gasteiger partial charge is 0.348 e. The Labute approximate surface area is 271 Å². The molecule has 0 radical (unpaired) electrons. The Balaban J connectivity index is 1.26. The second-order valence-electron chi connectivity index (χ2n) is 12.7. The summed E-state index contributed by atoms with van der Waals surface area (Å²) in [6.45, 7) is 3.39. The topological polar surface area (TPSA) is 224 Å². The molecule has 1 saturated heterocycles. The molecule has 2 heterocycles. The van der Waals surface area contributed by atoms with Gasteiger partial charge in [-0.3, -0.25) is 9.59 Å². The van der Waals surface area contributed by atoms with Crippen LogP contribution in [0.1, 0.15) is 63.5 Å². The summed E-state index contributed by atoms with van der Waals surface area (Å²) in [7, 11) is 1.94. The summed E-state index contributed by atoms with van der Waals surface area (Å²) in [5, 5.41) is 35.1. The molecule has 256 valence electrons. The van der Waals surface area contributed by atoms with Gasteiger partial charge in [0, 0.05) is 24.9 Å². The van der Waals surface area contributed by atoms with Crippen LogP contribution in [0.3, 0.4) is 0 Å². The molecule has 1 aromatic carbocycles. The van der Waals surface area contributed by atoms with Crippen LogP contribution in [0.25, 0.3) is 0 Å². The molecule has 4 aliphatic rings. The van der Waals surface area contributed by atoms with Gasteiger partial charge >= 0.3 is 23.9 Å². The number of hydrogen-bond donors (Lipinski definition) is 5. The number of unbranched alkanes of at least 4 members (excludes halogenated alkanes) is 1. The number of aromatic hydroxyl groups is 1. The summed E-state index contributed by atoms with van der Waals surface area (Å²) in [6, 6.07) is 2.03. The number of carboxylic acids is 1. The lowest BCUT2D eigenvalue weighted by Crippen LogP contribution is -2.74. The maximum atomic E-state index is 13.1. The van der Waals surface area contributed by atoms with Gasteiger partial charge in [0.1, 0.15) is 11.8 Å². The number of nitrogens with two attached hydrogens (primary N) is 1. The molecule has 15 heteroatoms. The van der Waals surface area contributed by atoms with Crippen LogP contribution in [-0.2, 0) is 50.0 Å². The molecular weight excluding hydrogens is 618 g/mol. The normalized spacial score (nSPS) is 27.2. The van der Waals surface area contributed by atoms with Crippen molar-refractivity contribution in [2.45, 2.75) is 100 Å². The number of carboxylic acid groups (broad SMARTS) is 1. The number of esters is 3. The number of carbonyl (C=O) groups excluding carboxylic acids is 4. The van der Waals surface area contributed by atoms with Crippen molar-refractivity contribution >= 4 is 29.8 Å². The summed E-state index contributed by atoms with van der Waals surface area (Å²) in [5.41, 5.74) is 4.78. The molecule has 2 aliphatic carbocycles. The van der Waals surface area contributed by atoms with Crippen LogP contribution >= 0.6 is 0 Å². The number of aliphatic carboxylic acids is 1. The van der Waals surface area contributed by atoms with E-state index in [-0.39, 0.29) is 36.1 Å². The van der Waals surface area contributed by atoms with E-state index in [0.717, 1.165) is 5.56 Å². The van der Waals surface area contributed by atoms with Crippen molar-refractivity contribution in [1.29, 1.82) is 0 Å². The quantitative estimate of drug-likeness (QED) is 0.108. The van der Waals surface area contributed by atoms with Crippen LogP contribution in [0.5, 0.6) is 11.5 Å². The minimum atomic E-state index is -1.98. The van der Waals surface area contributed by atoms with Crippen molar-refractivity contribution < 1.29 is 58.2 Å². The van der Waals surface area contributed by atoms with E-state index in [0.29, 0.717) is 44.3 Å². The summed E-state index contributed by atoms with van der Waals surface area (Å²) < 4.78 is 22.0. The van der Waals surface area contributed by atoms with Crippen LogP contribution < -0.4 is 15.8 Å². The van der Waals surface area contributed by atoms with Gasteiger partial charge in [-0.05, 0) is 76.9 Å². The highest BCUT2D eigenvalue weighted by atomic mass is 16.6. The van der Waals surface area contributed by atoms with Crippen molar-refractivity contribution in [3.8, 4) is 11.5 Å². The lowest BCUT2D eigenvalue weighted by Gasteiger charge is -2.61. The zero-order chi connectivity index (χ0) is 34.3. The first-order valence-corrected chi connectivity index (χ1v) is 15.7. The number of piperidine rings is 1. The highest BCUT2D eigenvalue weighted by Gasteiger charge is 2.72. The molecule has 0 aromatic heterocycles. The number of aliphatic hydroxyl groups is 1. The highest BCUT2D eigenvalue weighted by Crippen LogP contribution is 2.65. The number of carbonyl (C=O) groups is 5. The zero-order valence-electron chi connectivity index (χ0n) is 26.5. The van der Waals surface area contributed by atoms with E-state index >= 15 is 0 Å². The molecule has 1 aromatic rings. The Morgan fingerprint density at radius 3 is 2.60 bits per heavy atom. The number of phenols is 1. The van der Waals surface area contributed by atoms with Crippen LogP contribution in [-0.4, -0.2) is 106 Å². The van der Waals surface area contributed by atoms with Crippen LogP contribution in [0.15, 0.2) is 24.0 Å². The molecule has 7 atom stereocenters. The molecule has 1 spiro atoms. The summed E-state index contributed by atoms with van der Waals surface area (Å²) in [5.74, 6) is -5.13. The van der Waals surface area contributed by atoms with Gasteiger partial charge in [-0.25, -0.2) is 14.4 Å². The molecule has 5 rings (SSSR count). The first kappa shape index (κ1) is 34.1. The summed E-state index contributed by atoms with van der Waals surface area (Å²) in [6.07, 6.45) is -1.44. The number of ether oxygens (including phenoxy) is 4. The summed E-state index contributed by atoms with van der Waals surface area (Å²) in [4.78, 5) is 64.1. The number of nitrogens with one attached hydrogen (secondary N) is 1. The Morgan fingerprint density at radius 2 is 1.91 bits per heavy atom. The van der Waals surface area contributed by atoms with Gasteiger partial charge in [0.25, 0.3) is 0 Å². The van der Waals surface area contributed by atoms with Crippen LogP contribution in [0.4, 0.5) is 0 Å². The molecule has 3 unspecified atom stereocenters. The SMILES string of the molecule is CC(=O)NC(CCCCN)C(=O)OC(C)C(=O)OC(CC(=O)OC1=CC[C@@]2(O)[C@H]3Cc4ccc(O)c5c4[C@@]2(CCN3C)[C@H]1O5)C(=O)O. The molecule has 2 bridgehead atoms. The molecule has 1 fully saturated rings. The van der Waals surface area contributed by atoms with Gasteiger partial charge in [0.2, 0.25) is 12.0 Å². The fourth-order valence-electron chi connectivity index (χ4n) is 7.47. The molecule has 2 aliphatic heterocycles. The molecular formula is C32H41N3O12. The number of rotatable bonds is 13. The van der Waals surface area contributed by atoms with Crippen LogP contribution in [0.2, 0.25) is 0 Å². The van der Waals surface area contributed by atoms with Gasteiger partial charge in [-0.15, -0.1) is 0 Å². The van der Waals surface area contributed by atoms with Crippen molar-refractivity contribution in [2.24, 2.45) is 5.73 Å². The van der Waals surface area contributed by atoms with Crippen molar-refractivity contribution in [3.63, 3.8) is 0 Å². The average molecular weight is 660 g/mol. The van der Waals surface area contributed by atoms with Crippen molar-refractivity contribution in [1.82, 2.24) is 10.2 Å². The fraction of sp³-hybridized carbons (Fsp3) is 0.594. The molecule has 0 saturated carbocycles. The molecule has 6 N–H and O–H groups in total. The number of hydrogen-bond acceptors (Lipinski definition) is 13. The second-order valence-corrected chi connectivity index (χ2v) is 12.7. The van der Waals surface area contributed by atoms with Crippen LogP contribution in [0, 0.1) is 0 Å². The third-order valence-corrected chi connectivity index (χ3v) is 9.70. The minimum Gasteiger partial charge on any atom is -0.504 e. The Hall–Kier alpha value is -4.21. The maximum absolute atomic E-state index is 13.1. The number of likely N-dealkylation sites (N-methyl/N-ethyl adjacent to an activating group) is 1. The van der Waals surface area contributed by atoms with Crippen molar-refractivity contribution in [3.05, 3.63) is 35.1 Å². The van der Waals surface area contributed by atoms with Gasteiger partial charge in [-0.2, -0.15) is 0 Å². The lowest BCUT2D eigenvalue weighted by atomic mass is 9.50. The average Bonchev–Trinajstić information content (AvgIpc) is 3.37. The first-order valence-electron chi connectivity index (χ1n) is 15.7. The van der Waals surface area contributed by atoms with E-state index in [1.165, 1.54) is 19.9 Å². The Morgan fingerprint density at radius 1 is 1.17 bits per heavy atom.